The molecule has 0 radical (unpaired) electrons. The van der Waals surface area contributed by atoms with Crippen molar-refractivity contribution < 1.29 is 43.9 Å². The fourth-order valence-corrected chi connectivity index (χ4v) is 7.28. The third-order valence-electron chi connectivity index (χ3n) is 9.31. The molecule has 8 nitrogen and oxygen atoms in total. The number of anilines is 2. The maximum absolute atomic E-state index is 14.2. The molecule has 2 aromatic carbocycles. The van der Waals surface area contributed by atoms with Gasteiger partial charge in [0.1, 0.15) is 11.6 Å². The number of nitrogens with zero attached hydrogens (tertiary/aromatic N) is 5. The van der Waals surface area contributed by atoms with Crippen molar-refractivity contribution >= 4 is 27.4 Å². The second kappa shape index (κ2) is 12.8. The number of alkyl halides is 6. The topological polar surface area (TPSA) is 77.1 Å². The SMILES string of the molecule is Cc1cc(F)ccc1-c1cc(N2CCN3CCN(S(C)(=O)=O)C[C@@H]3C2)ncc1N(C)C(=O)C(C)(C)c1cc(C(F)(F)F)cc(C(F)(F)F)c1. The maximum Gasteiger partial charge on any atom is 0.416 e. The molecule has 1 amide bonds. The molecule has 3 aromatic rings. The smallest absolute Gasteiger partial charge is 0.354 e. The highest BCUT2D eigenvalue weighted by Gasteiger charge is 2.42. The molecule has 1 aromatic heterocycles. The zero-order valence-corrected chi connectivity index (χ0v) is 28.3. The van der Waals surface area contributed by atoms with E-state index in [9.17, 15) is 43.9 Å². The van der Waals surface area contributed by atoms with Gasteiger partial charge in [-0.25, -0.2) is 17.8 Å². The van der Waals surface area contributed by atoms with Crippen LogP contribution in [-0.4, -0.2) is 87.1 Å². The lowest BCUT2D eigenvalue weighted by Gasteiger charge is -2.47. The molecular formula is C33H36F7N5O3S. The Morgan fingerprint density at radius 3 is 2.02 bits per heavy atom. The lowest BCUT2D eigenvalue weighted by Crippen LogP contribution is -2.62. The van der Waals surface area contributed by atoms with Gasteiger partial charge in [0.2, 0.25) is 15.9 Å². The molecule has 1 atom stereocenters. The number of aryl methyl sites for hydroxylation is 1. The first-order valence-electron chi connectivity index (χ1n) is 15.4. The van der Waals surface area contributed by atoms with Crippen LogP contribution in [0, 0.1) is 12.7 Å². The Balaban J connectivity index is 1.54. The predicted molar refractivity (Wildman–Crippen MR) is 171 cm³/mol. The fourth-order valence-electron chi connectivity index (χ4n) is 6.43. The zero-order chi connectivity index (χ0) is 36.3. The van der Waals surface area contributed by atoms with Crippen molar-refractivity contribution in [1.82, 2.24) is 14.2 Å². The van der Waals surface area contributed by atoms with Crippen LogP contribution in [0.2, 0.25) is 0 Å². The van der Waals surface area contributed by atoms with E-state index >= 15 is 0 Å². The van der Waals surface area contributed by atoms with Crippen molar-refractivity contribution in [3.8, 4) is 11.1 Å². The second-order valence-corrected chi connectivity index (χ2v) is 15.0. The van der Waals surface area contributed by atoms with E-state index < -0.39 is 56.2 Å². The van der Waals surface area contributed by atoms with Gasteiger partial charge in [0.05, 0.1) is 34.7 Å². The van der Waals surface area contributed by atoms with E-state index in [0.29, 0.717) is 73.9 Å². The number of likely N-dealkylation sites (N-methyl/N-ethyl adjacent to an activating group) is 1. The van der Waals surface area contributed by atoms with Crippen LogP contribution in [0.4, 0.5) is 42.2 Å². The van der Waals surface area contributed by atoms with Gasteiger partial charge in [-0.3, -0.25) is 9.69 Å². The normalized spacial score (nSPS) is 18.4. The number of benzene rings is 2. The van der Waals surface area contributed by atoms with E-state index in [1.54, 1.807) is 13.0 Å². The number of piperazine rings is 2. The van der Waals surface area contributed by atoms with E-state index in [4.69, 9.17) is 0 Å². The molecule has 2 aliphatic rings. The Labute approximate surface area is 280 Å². The third kappa shape index (κ3) is 7.55. The first kappa shape index (κ1) is 36.5. The van der Waals surface area contributed by atoms with Gasteiger partial charge in [-0.1, -0.05) is 6.07 Å². The van der Waals surface area contributed by atoms with Crippen LogP contribution >= 0.6 is 0 Å². The van der Waals surface area contributed by atoms with Gasteiger partial charge >= 0.3 is 12.4 Å². The molecular weight excluding hydrogens is 679 g/mol. The summed E-state index contributed by atoms with van der Waals surface area (Å²) in [5, 5.41) is 0. The van der Waals surface area contributed by atoms with E-state index in [-0.39, 0.29) is 17.8 Å². The van der Waals surface area contributed by atoms with Crippen LogP contribution in [0.25, 0.3) is 11.1 Å². The van der Waals surface area contributed by atoms with Crippen molar-refractivity contribution in [2.24, 2.45) is 0 Å². The number of sulfonamides is 1. The largest absolute Gasteiger partial charge is 0.416 e. The van der Waals surface area contributed by atoms with Gasteiger partial charge in [-0.15, -0.1) is 0 Å². The highest BCUT2D eigenvalue weighted by molar-refractivity contribution is 7.88. The highest BCUT2D eigenvalue weighted by Crippen LogP contribution is 2.41. The summed E-state index contributed by atoms with van der Waals surface area (Å²) in [7, 11) is -2.04. The molecule has 0 aliphatic carbocycles. The molecule has 2 saturated heterocycles. The molecule has 3 heterocycles. The van der Waals surface area contributed by atoms with E-state index in [2.05, 4.69) is 9.88 Å². The minimum absolute atomic E-state index is 0.0116. The van der Waals surface area contributed by atoms with Gasteiger partial charge in [0.15, 0.2) is 0 Å². The fraction of sp³-hybridized carbons (Fsp3) is 0.455. The van der Waals surface area contributed by atoms with Crippen molar-refractivity contribution in [3.63, 3.8) is 0 Å². The Kier molecular flexibility index (Phi) is 9.57. The minimum atomic E-state index is -5.10. The van der Waals surface area contributed by atoms with E-state index in [1.807, 2.05) is 4.90 Å². The molecule has 0 saturated carbocycles. The molecule has 2 fully saturated rings. The number of rotatable bonds is 6. The third-order valence-corrected chi connectivity index (χ3v) is 10.6. The van der Waals surface area contributed by atoms with Crippen LogP contribution < -0.4 is 9.80 Å². The number of amides is 1. The summed E-state index contributed by atoms with van der Waals surface area (Å²) in [6.45, 7) is 7.07. The maximum atomic E-state index is 14.2. The Hall–Kier alpha value is -3.76. The summed E-state index contributed by atoms with van der Waals surface area (Å²) in [5.41, 5.74) is -3.77. The molecule has 0 spiro atoms. The summed E-state index contributed by atoms with van der Waals surface area (Å²) in [5.74, 6) is -0.824. The number of carbonyl (C=O) groups excluding carboxylic acids is 1. The molecule has 16 heteroatoms. The summed E-state index contributed by atoms with van der Waals surface area (Å²) in [6.07, 6.45) is -7.63. The summed E-state index contributed by atoms with van der Waals surface area (Å²) >= 11 is 0. The first-order valence-corrected chi connectivity index (χ1v) is 17.2. The van der Waals surface area contributed by atoms with Gasteiger partial charge in [0.25, 0.3) is 0 Å². The van der Waals surface area contributed by atoms with E-state index in [0.717, 1.165) is 4.90 Å². The number of aromatic nitrogens is 1. The minimum Gasteiger partial charge on any atom is -0.354 e. The number of hydrogen-bond acceptors (Lipinski definition) is 6. The van der Waals surface area contributed by atoms with Crippen molar-refractivity contribution in [2.45, 2.75) is 44.6 Å². The van der Waals surface area contributed by atoms with Gasteiger partial charge < -0.3 is 9.80 Å². The Bertz CT molecular complexity index is 1830. The molecule has 49 heavy (non-hydrogen) atoms. The molecule has 0 unspecified atom stereocenters. The summed E-state index contributed by atoms with van der Waals surface area (Å²) in [4.78, 5) is 24.0. The quantitative estimate of drug-likeness (QED) is 0.295. The molecule has 5 rings (SSSR count). The van der Waals surface area contributed by atoms with Crippen LogP contribution in [0.1, 0.15) is 36.1 Å². The number of fused-ring (bicyclic) bond motifs is 1. The number of pyridine rings is 1. The Morgan fingerprint density at radius 1 is 0.857 bits per heavy atom. The molecule has 266 valence electrons. The average Bonchev–Trinajstić information content (AvgIpc) is 3.01. The lowest BCUT2D eigenvalue weighted by molar-refractivity contribution is -0.143. The predicted octanol–water partition coefficient (Wildman–Crippen LogP) is 5.94. The molecule has 0 N–H and O–H groups in total. The van der Waals surface area contributed by atoms with Gasteiger partial charge in [-0.05, 0) is 73.9 Å². The van der Waals surface area contributed by atoms with Gasteiger partial charge in [0, 0.05) is 57.9 Å². The van der Waals surface area contributed by atoms with Crippen molar-refractivity contribution in [3.05, 3.63) is 76.7 Å². The van der Waals surface area contributed by atoms with Crippen LogP contribution in [0.15, 0.2) is 48.7 Å². The monoisotopic (exact) mass is 715 g/mol. The van der Waals surface area contributed by atoms with Crippen LogP contribution in [-0.2, 0) is 32.6 Å². The van der Waals surface area contributed by atoms with E-state index in [1.165, 1.54) is 55.9 Å². The van der Waals surface area contributed by atoms with Crippen LogP contribution in [0.3, 0.4) is 0 Å². The molecule has 2 aliphatic heterocycles. The average molecular weight is 716 g/mol. The standard InChI is InChI=1S/C33H36F7N5O3S/c1-20-12-24(34)6-7-26(20)27-16-29(44-9-8-43-10-11-45(49(5,47)48)19-25(43)18-44)41-17-28(27)42(4)30(46)31(2,3)21-13-22(32(35,36)37)15-23(14-21)33(38,39)40/h6-7,12-17,25H,8-11,18-19H2,1-5H3/t25-/m0/s1. The lowest BCUT2D eigenvalue weighted by atomic mass is 9.81. The summed E-state index contributed by atoms with van der Waals surface area (Å²) in [6, 6.07) is 6.73. The summed E-state index contributed by atoms with van der Waals surface area (Å²) < 4.78 is 122. The van der Waals surface area contributed by atoms with Crippen molar-refractivity contribution in [1.29, 1.82) is 0 Å². The highest BCUT2D eigenvalue weighted by atomic mass is 32.2. The van der Waals surface area contributed by atoms with Crippen LogP contribution in [0.5, 0.6) is 0 Å². The first-order chi connectivity index (χ1) is 22.6. The Morgan fingerprint density at radius 2 is 1.45 bits per heavy atom. The molecule has 0 bridgehead atoms. The number of carbonyl (C=O) groups is 1. The zero-order valence-electron chi connectivity index (χ0n) is 27.5. The van der Waals surface area contributed by atoms with Gasteiger partial charge in [-0.2, -0.15) is 30.6 Å². The second-order valence-electron chi connectivity index (χ2n) is 13.1. The number of halogens is 7. The van der Waals surface area contributed by atoms with Crippen molar-refractivity contribution in [2.75, 3.05) is 62.4 Å². The number of hydrogen-bond donors (Lipinski definition) is 0.